The van der Waals surface area contributed by atoms with Gasteiger partial charge < -0.3 is 5.32 Å². The number of rotatable bonds is 7. The highest BCUT2D eigenvalue weighted by Crippen LogP contribution is 2.37. The van der Waals surface area contributed by atoms with Crippen LogP contribution in [0.25, 0.3) is 11.3 Å². The van der Waals surface area contributed by atoms with Crippen LogP contribution in [0.4, 0.5) is 36.4 Å². The maximum absolute atomic E-state index is 14.4. The van der Waals surface area contributed by atoms with Crippen LogP contribution in [0.1, 0.15) is 30.4 Å². The Kier molecular flexibility index (Phi) is 7.04. The van der Waals surface area contributed by atoms with Crippen LogP contribution in [0.5, 0.6) is 0 Å². The van der Waals surface area contributed by atoms with Crippen molar-refractivity contribution < 1.29 is 35.5 Å². The Morgan fingerprint density at radius 3 is 2.09 bits per heavy atom. The first-order valence-corrected chi connectivity index (χ1v) is 9.69. The van der Waals surface area contributed by atoms with E-state index in [9.17, 15) is 35.5 Å². The number of hydrogen-bond acceptors (Lipinski definition) is 3. The summed E-state index contributed by atoms with van der Waals surface area (Å²) < 4.78 is 92.9. The predicted octanol–water partition coefficient (Wildman–Crippen LogP) is 5.93. The van der Waals surface area contributed by atoms with Crippen LogP contribution in [-0.2, 0) is 23.7 Å². The summed E-state index contributed by atoms with van der Waals surface area (Å²) in [5, 5.41) is 9.56. The van der Waals surface area contributed by atoms with Crippen molar-refractivity contribution in [2.45, 2.75) is 38.2 Å². The highest BCUT2D eigenvalue weighted by Gasteiger charge is 2.37. The molecule has 1 aromatic heterocycles. The van der Waals surface area contributed by atoms with E-state index in [4.69, 9.17) is 0 Å². The molecular formula is C21H17F7N4O. The molecule has 0 bridgehead atoms. The molecule has 0 aliphatic rings. The lowest BCUT2D eigenvalue weighted by molar-refractivity contribution is -0.143. The first-order chi connectivity index (χ1) is 15.4. The molecule has 176 valence electrons. The van der Waals surface area contributed by atoms with Gasteiger partial charge in [0, 0.05) is 24.2 Å². The molecule has 0 aliphatic carbocycles. The molecule has 2 aromatic carbocycles. The van der Waals surface area contributed by atoms with E-state index in [0.717, 1.165) is 4.68 Å². The molecule has 3 rings (SSSR count). The molecule has 0 fully saturated rings. The van der Waals surface area contributed by atoms with E-state index in [2.05, 4.69) is 15.6 Å². The zero-order valence-corrected chi connectivity index (χ0v) is 16.8. The summed E-state index contributed by atoms with van der Waals surface area (Å²) in [6.07, 6.45) is -9.75. The molecule has 0 spiro atoms. The number of aryl methyl sites for hydroxylation is 1. The molecule has 1 N–H and O–H groups in total. The van der Waals surface area contributed by atoms with E-state index in [-0.39, 0.29) is 37.6 Å². The Morgan fingerprint density at radius 2 is 1.52 bits per heavy atom. The van der Waals surface area contributed by atoms with Crippen molar-refractivity contribution in [1.29, 1.82) is 0 Å². The number of halogens is 7. The van der Waals surface area contributed by atoms with Crippen molar-refractivity contribution >= 4 is 11.6 Å². The Morgan fingerprint density at radius 1 is 0.909 bits per heavy atom. The van der Waals surface area contributed by atoms with E-state index >= 15 is 0 Å². The third kappa shape index (κ3) is 6.30. The van der Waals surface area contributed by atoms with Gasteiger partial charge in [0.15, 0.2) is 0 Å². The molecule has 5 nitrogen and oxygen atoms in total. The molecular weight excluding hydrogens is 457 g/mol. The monoisotopic (exact) mass is 474 g/mol. The second-order valence-corrected chi connectivity index (χ2v) is 7.12. The average molecular weight is 474 g/mol. The summed E-state index contributed by atoms with van der Waals surface area (Å²) in [6.45, 7) is 0.0841. The number of anilines is 1. The number of amides is 1. The van der Waals surface area contributed by atoms with Crippen LogP contribution >= 0.6 is 0 Å². The van der Waals surface area contributed by atoms with Crippen molar-refractivity contribution in [3.63, 3.8) is 0 Å². The Balaban J connectivity index is 1.57. The van der Waals surface area contributed by atoms with Gasteiger partial charge in [-0.15, -0.1) is 5.10 Å². The van der Waals surface area contributed by atoms with Gasteiger partial charge in [0.1, 0.15) is 5.69 Å². The average Bonchev–Trinajstić information content (AvgIpc) is 3.10. The van der Waals surface area contributed by atoms with Gasteiger partial charge in [-0.3, -0.25) is 4.79 Å². The molecule has 0 unspecified atom stereocenters. The van der Waals surface area contributed by atoms with Gasteiger partial charge in [-0.05, 0) is 31.0 Å². The van der Waals surface area contributed by atoms with Gasteiger partial charge in [0.2, 0.25) is 11.9 Å². The number of aromatic nitrogens is 3. The number of nitrogens with one attached hydrogen (secondary N) is 1. The maximum Gasteiger partial charge on any atom is 0.416 e. The van der Waals surface area contributed by atoms with Gasteiger partial charge in [-0.25, -0.2) is 4.68 Å². The SMILES string of the molecule is O=C(CCCCn1nnc(-c2ccccc2)c1F)Nc1cc(C(F)(F)F)cc(C(F)(F)F)c1. The topological polar surface area (TPSA) is 59.8 Å². The summed E-state index contributed by atoms with van der Waals surface area (Å²) in [5.41, 5.74) is -3.05. The first kappa shape index (κ1) is 24.2. The molecule has 0 aliphatic heterocycles. The van der Waals surface area contributed by atoms with Gasteiger partial charge in [-0.2, -0.15) is 30.7 Å². The minimum atomic E-state index is -5.01. The highest BCUT2D eigenvalue weighted by atomic mass is 19.4. The largest absolute Gasteiger partial charge is 0.416 e. The Labute approximate surface area is 183 Å². The zero-order chi connectivity index (χ0) is 24.2. The third-order valence-electron chi connectivity index (χ3n) is 4.62. The highest BCUT2D eigenvalue weighted by molar-refractivity contribution is 5.90. The van der Waals surface area contributed by atoms with Gasteiger partial charge >= 0.3 is 12.4 Å². The number of unbranched alkanes of at least 4 members (excludes halogenated alkanes) is 1. The molecule has 33 heavy (non-hydrogen) atoms. The Hall–Kier alpha value is -3.44. The number of benzene rings is 2. The molecule has 12 heteroatoms. The summed E-state index contributed by atoms with van der Waals surface area (Å²) in [4.78, 5) is 12.0. The number of carbonyl (C=O) groups excluding carboxylic acids is 1. The van der Waals surface area contributed by atoms with Crippen LogP contribution in [0.3, 0.4) is 0 Å². The lowest BCUT2D eigenvalue weighted by atomic mass is 10.1. The number of hydrogen-bond donors (Lipinski definition) is 1. The number of nitrogens with zero attached hydrogens (tertiary/aromatic N) is 3. The summed E-state index contributed by atoms with van der Waals surface area (Å²) in [6, 6.07) is 9.38. The minimum absolute atomic E-state index is 0.0218. The van der Waals surface area contributed by atoms with Crippen molar-refractivity contribution in [3.05, 3.63) is 65.6 Å². The lowest BCUT2D eigenvalue weighted by Crippen LogP contribution is -2.15. The number of carbonyl (C=O) groups is 1. The van der Waals surface area contributed by atoms with E-state index in [1.165, 1.54) is 0 Å². The van der Waals surface area contributed by atoms with Crippen molar-refractivity contribution in [1.82, 2.24) is 15.0 Å². The van der Waals surface area contributed by atoms with Gasteiger partial charge in [0.25, 0.3) is 0 Å². The summed E-state index contributed by atoms with van der Waals surface area (Å²) in [5.74, 6) is -1.43. The fourth-order valence-electron chi connectivity index (χ4n) is 3.01. The first-order valence-electron chi connectivity index (χ1n) is 9.69. The van der Waals surface area contributed by atoms with Gasteiger partial charge in [0.05, 0.1) is 11.1 Å². The molecule has 0 saturated heterocycles. The smallest absolute Gasteiger partial charge is 0.326 e. The van der Waals surface area contributed by atoms with Crippen LogP contribution in [0.2, 0.25) is 0 Å². The van der Waals surface area contributed by atoms with Crippen molar-refractivity contribution in [2.24, 2.45) is 0 Å². The molecule has 0 radical (unpaired) electrons. The summed E-state index contributed by atoms with van der Waals surface area (Å²) in [7, 11) is 0. The van der Waals surface area contributed by atoms with Crippen LogP contribution in [0, 0.1) is 5.95 Å². The quantitative estimate of drug-likeness (QED) is 0.341. The Bertz CT molecular complexity index is 1080. The van der Waals surface area contributed by atoms with Crippen LogP contribution < -0.4 is 5.32 Å². The van der Waals surface area contributed by atoms with Crippen molar-refractivity contribution in [3.8, 4) is 11.3 Å². The van der Waals surface area contributed by atoms with Crippen LogP contribution in [0.15, 0.2) is 48.5 Å². The van der Waals surface area contributed by atoms with E-state index in [1.54, 1.807) is 30.3 Å². The van der Waals surface area contributed by atoms with Crippen molar-refractivity contribution in [2.75, 3.05) is 5.32 Å². The van der Waals surface area contributed by atoms with Crippen LogP contribution in [-0.4, -0.2) is 20.9 Å². The standard InChI is InChI=1S/C21H17F7N4O/c22-19-18(13-6-2-1-3-7-13)30-31-32(19)9-5-4-8-17(33)29-16-11-14(20(23,24)25)10-15(12-16)21(26,27)28/h1-3,6-7,10-12H,4-5,8-9H2,(H,29,33). The van der Waals surface area contributed by atoms with E-state index < -0.39 is 41.0 Å². The van der Waals surface area contributed by atoms with E-state index in [0.29, 0.717) is 17.7 Å². The fraction of sp³-hybridized carbons (Fsp3) is 0.286. The summed E-state index contributed by atoms with van der Waals surface area (Å²) >= 11 is 0. The number of alkyl halides is 6. The maximum atomic E-state index is 14.4. The third-order valence-corrected chi connectivity index (χ3v) is 4.62. The molecule has 1 amide bonds. The molecule has 0 atom stereocenters. The molecule has 0 saturated carbocycles. The molecule has 1 heterocycles. The van der Waals surface area contributed by atoms with E-state index in [1.807, 2.05) is 0 Å². The second kappa shape index (κ2) is 9.59. The lowest BCUT2D eigenvalue weighted by Gasteiger charge is -2.14. The fourth-order valence-corrected chi connectivity index (χ4v) is 3.01. The molecule has 3 aromatic rings. The van der Waals surface area contributed by atoms with Gasteiger partial charge in [-0.1, -0.05) is 35.5 Å². The zero-order valence-electron chi connectivity index (χ0n) is 16.8. The predicted molar refractivity (Wildman–Crippen MR) is 104 cm³/mol. The minimum Gasteiger partial charge on any atom is -0.326 e. The second-order valence-electron chi connectivity index (χ2n) is 7.12. The normalized spacial score (nSPS) is 12.1.